The predicted octanol–water partition coefficient (Wildman–Crippen LogP) is 3.72. The van der Waals surface area contributed by atoms with Crippen LogP contribution in [0.5, 0.6) is 0 Å². The van der Waals surface area contributed by atoms with Gasteiger partial charge in [-0.1, -0.05) is 20.8 Å². The van der Waals surface area contributed by atoms with E-state index in [-0.39, 0.29) is 0 Å². The molecule has 16 heavy (non-hydrogen) atoms. The first-order valence-electron chi connectivity index (χ1n) is 7.14. The topological polar surface area (TPSA) is 26.0 Å². The van der Waals surface area contributed by atoms with Crippen LogP contribution < -0.4 is 5.73 Å². The summed E-state index contributed by atoms with van der Waals surface area (Å²) in [4.78, 5) is 0. The van der Waals surface area contributed by atoms with Gasteiger partial charge in [-0.05, 0) is 67.1 Å². The number of hydrogen-bond acceptors (Lipinski definition) is 1. The van der Waals surface area contributed by atoms with Crippen molar-refractivity contribution in [3.63, 3.8) is 0 Å². The van der Waals surface area contributed by atoms with E-state index in [0.717, 1.165) is 5.92 Å². The lowest BCUT2D eigenvalue weighted by Gasteiger charge is -2.67. The van der Waals surface area contributed by atoms with Crippen molar-refractivity contribution in [1.82, 2.24) is 0 Å². The first-order valence-corrected chi connectivity index (χ1v) is 7.14. The molecule has 0 spiro atoms. The summed E-state index contributed by atoms with van der Waals surface area (Å²) < 4.78 is 0. The molecule has 4 rings (SSSR count). The summed E-state index contributed by atoms with van der Waals surface area (Å²) in [6.07, 6.45) is 9.88. The van der Waals surface area contributed by atoms with Crippen molar-refractivity contribution in [1.29, 1.82) is 0 Å². The Bertz CT molecular complexity index is 291. The van der Waals surface area contributed by atoms with Crippen LogP contribution in [0.4, 0.5) is 0 Å². The number of rotatable bonds is 2. The monoisotopic (exact) mass is 221 g/mol. The van der Waals surface area contributed by atoms with Gasteiger partial charge in [-0.25, -0.2) is 0 Å². The van der Waals surface area contributed by atoms with Crippen molar-refractivity contribution in [3.05, 3.63) is 0 Å². The Balaban J connectivity index is 1.98. The number of nitrogens with two attached hydrogens (primary N) is 1. The van der Waals surface area contributed by atoms with E-state index >= 15 is 0 Å². The molecule has 2 unspecified atom stereocenters. The van der Waals surface area contributed by atoms with Gasteiger partial charge < -0.3 is 5.73 Å². The van der Waals surface area contributed by atoms with Gasteiger partial charge in [-0.3, -0.25) is 0 Å². The van der Waals surface area contributed by atoms with Crippen LogP contribution in [-0.4, -0.2) is 6.04 Å². The highest BCUT2D eigenvalue weighted by molar-refractivity contribution is 5.12. The van der Waals surface area contributed by atoms with Gasteiger partial charge in [0, 0.05) is 6.04 Å². The molecule has 4 bridgehead atoms. The molecule has 0 aliphatic heterocycles. The summed E-state index contributed by atoms with van der Waals surface area (Å²) in [5, 5.41) is 0. The zero-order chi connectivity index (χ0) is 11.6. The summed E-state index contributed by atoms with van der Waals surface area (Å²) in [5.41, 5.74) is 8.25. The Morgan fingerprint density at radius 2 is 1.62 bits per heavy atom. The third-order valence-electron chi connectivity index (χ3n) is 5.90. The smallest absolute Gasteiger partial charge is 0.00934 e. The molecular formula is C15H27N. The van der Waals surface area contributed by atoms with Crippen LogP contribution >= 0.6 is 0 Å². The minimum atomic E-state index is 0.453. The van der Waals surface area contributed by atoms with Gasteiger partial charge >= 0.3 is 0 Å². The number of hydrogen-bond donors (Lipinski definition) is 1. The molecule has 0 radical (unpaired) electrons. The first-order chi connectivity index (χ1) is 7.39. The molecule has 0 aromatic rings. The highest BCUT2D eigenvalue weighted by Crippen LogP contribution is 2.70. The zero-order valence-electron chi connectivity index (χ0n) is 11.2. The SMILES string of the molecule is CC[C@H](N)C12CC3CC(C)(CC(C)(C3)C1)C2. The Kier molecular flexibility index (Phi) is 2.11. The van der Waals surface area contributed by atoms with Crippen molar-refractivity contribution in [2.75, 3.05) is 0 Å². The molecule has 0 amide bonds. The minimum absolute atomic E-state index is 0.453. The van der Waals surface area contributed by atoms with Crippen molar-refractivity contribution < 1.29 is 0 Å². The van der Waals surface area contributed by atoms with Crippen molar-refractivity contribution in [2.45, 2.75) is 71.8 Å². The lowest BCUT2D eigenvalue weighted by molar-refractivity contribution is -0.153. The molecule has 92 valence electrons. The summed E-state index contributed by atoms with van der Waals surface area (Å²) in [5.74, 6) is 0.990. The highest BCUT2D eigenvalue weighted by atomic mass is 14.8. The Labute approximate surface area is 100 Å². The Morgan fingerprint density at radius 1 is 1.06 bits per heavy atom. The maximum atomic E-state index is 6.49. The molecule has 0 aromatic heterocycles. The lowest BCUT2D eigenvalue weighted by atomic mass is 9.39. The summed E-state index contributed by atoms with van der Waals surface area (Å²) in [6, 6.07) is 0.453. The van der Waals surface area contributed by atoms with Crippen LogP contribution in [0, 0.1) is 22.2 Å². The maximum absolute atomic E-state index is 6.49. The average Bonchev–Trinajstić information content (AvgIpc) is 2.10. The van der Waals surface area contributed by atoms with Crippen molar-refractivity contribution >= 4 is 0 Å². The van der Waals surface area contributed by atoms with Crippen LogP contribution in [0.2, 0.25) is 0 Å². The predicted molar refractivity (Wildman–Crippen MR) is 68.1 cm³/mol. The summed E-state index contributed by atoms with van der Waals surface area (Å²) in [7, 11) is 0. The van der Waals surface area contributed by atoms with Gasteiger partial charge in [0.2, 0.25) is 0 Å². The summed E-state index contributed by atoms with van der Waals surface area (Å²) >= 11 is 0. The third-order valence-corrected chi connectivity index (χ3v) is 5.90. The molecule has 3 atom stereocenters. The molecule has 0 saturated heterocycles. The molecule has 4 fully saturated rings. The van der Waals surface area contributed by atoms with Crippen molar-refractivity contribution in [3.8, 4) is 0 Å². The average molecular weight is 221 g/mol. The lowest BCUT2D eigenvalue weighted by Crippen LogP contribution is -2.60. The van der Waals surface area contributed by atoms with Gasteiger partial charge in [0.25, 0.3) is 0 Å². The second-order valence-electron chi connectivity index (χ2n) is 8.01. The van der Waals surface area contributed by atoms with E-state index in [1.807, 2.05) is 0 Å². The molecule has 2 N–H and O–H groups in total. The Morgan fingerprint density at radius 3 is 2.06 bits per heavy atom. The van der Waals surface area contributed by atoms with Crippen LogP contribution in [0.3, 0.4) is 0 Å². The molecule has 4 aliphatic carbocycles. The van der Waals surface area contributed by atoms with Gasteiger partial charge in [0.15, 0.2) is 0 Å². The van der Waals surface area contributed by atoms with Crippen LogP contribution in [0.15, 0.2) is 0 Å². The third kappa shape index (κ3) is 1.40. The highest BCUT2D eigenvalue weighted by Gasteiger charge is 2.61. The van der Waals surface area contributed by atoms with E-state index in [9.17, 15) is 0 Å². The molecule has 1 heteroatoms. The second kappa shape index (κ2) is 3.04. The molecule has 0 aromatic carbocycles. The van der Waals surface area contributed by atoms with E-state index in [1.54, 1.807) is 0 Å². The molecular weight excluding hydrogens is 194 g/mol. The fraction of sp³-hybridized carbons (Fsp3) is 1.00. The standard InChI is InChI=1S/C15H27N/c1-4-12(16)15-7-11-5-13(2,9-15)8-14(3,6-11)10-15/h11-12H,4-10,16H2,1-3H3/t11?,12-,13?,14?,15?/m0/s1. The maximum Gasteiger partial charge on any atom is 0.00934 e. The first kappa shape index (κ1) is 11.1. The van der Waals surface area contributed by atoms with E-state index in [0.29, 0.717) is 22.3 Å². The minimum Gasteiger partial charge on any atom is -0.327 e. The van der Waals surface area contributed by atoms with Crippen molar-refractivity contribution in [2.24, 2.45) is 27.9 Å². The van der Waals surface area contributed by atoms with E-state index in [2.05, 4.69) is 20.8 Å². The second-order valence-corrected chi connectivity index (χ2v) is 8.01. The normalized spacial score (nSPS) is 56.6. The summed E-state index contributed by atoms with van der Waals surface area (Å²) in [6.45, 7) is 7.34. The molecule has 4 aliphatic rings. The van der Waals surface area contributed by atoms with E-state index in [1.165, 1.54) is 44.9 Å². The van der Waals surface area contributed by atoms with Crippen LogP contribution in [0.25, 0.3) is 0 Å². The molecule has 0 heterocycles. The zero-order valence-corrected chi connectivity index (χ0v) is 11.2. The quantitative estimate of drug-likeness (QED) is 0.755. The largest absolute Gasteiger partial charge is 0.327 e. The fourth-order valence-electron chi connectivity index (χ4n) is 6.38. The van der Waals surface area contributed by atoms with Gasteiger partial charge in [0.1, 0.15) is 0 Å². The van der Waals surface area contributed by atoms with Crippen LogP contribution in [-0.2, 0) is 0 Å². The van der Waals surface area contributed by atoms with E-state index in [4.69, 9.17) is 5.73 Å². The van der Waals surface area contributed by atoms with Gasteiger partial charge in [0.05, 0.1) is 0 Å². The Hall–Kier alpha value is -0.0400. The molecule has 4 saturated carbocycles. The van der Waals surface area contributed by atoms with Gasteiger partial charge in [-0.15, -0.1) is 0 Å². The molecule has 1 nitrogen and oxygen atoms in total. The van der Waals surface area contributed by atoms with Gasteiger partial charge in [-0.2, -0.15) is 0 Å². The van der Waals surface area contributed by atoms with E-state index < -0.39 is 0 Å². The van der Waals surface area contributed by atoms with Crippen LogP contribution in [0.1, 0.15) is 65.7 Å². The fourth-order valence-corrected chi connectivity index (χ4v) is 6.38.